The second-order valence-electron chi connectivity index (χ2n) is 5.42. The quantitative estimate of drug-likeness (QED) is 0.861. The lowest BCUT2D eigenvalue weighted by atomic mass is 10.1. The molecule has 0 aliphatic carbocycles. The SMILES string of the molecule is Cc1noc([C@@H]2[C@@H](C)OCCN2Cc2cccnc2C)n1. The fourth-order valence-corrected chi connectivity index (χ4v) is 2.75. The first-order valence-electron chi connectivity index (χ1n) is 7.21. The maximum Gasteiger partial charge on any atom is 0.246 e. The fourth-order valence-electron chi connectivity index (χ4n) is 2.75. The number of pyridine rings is 1. The zero-order valence-electron chi connectivity index (χ0n) is 12.6. The Bertz CT molecular complexity index is 613. The molecule has 2 aromatic rings. The van der Waals surface area contributed by atoms with Crippen molar-refractivity contribution in [2.45, 2.75) is 39.5 Å². The van der Waals surface area contributed by atoms with Crippen LogP contribution in [0.5, 0.6) is 0 Å². The van der Waals surface area contributed by atoms with Crippen molar-refractivity contribution in [2.75, 3.05) is 13.2 Å². The van der Waals surface area contributed by atoms with Gasteiger partial charge in [-0.25, -0.2) is 0 Å². The molecule has 1 saturated heterocycles. The highest BCUT2D eigenvalue weighted by Crippen LogP contribution is 2.30. The van der Waals surface area contributed by atoms with Crippen LogP contribution in [0.1, 0.15) is 35.9 Å². The number of nitrogens with zero attached hydrogens (tertiary/aromatic N) is 4. The Balaban J connectivity index is 1.86. The number of ether oxygens (including phenoxy) is 1. The van der Waals surface area contributed by atoms with Crippen LogP contribution < -0.4 is 0 Å². The van der Waals surface area contributed by atoms with Gasteiger partial charge in [0.15, 0.2) is 5.82 Å². The van der Waals surface area contributed by atoms with Crippen LogP contribution >= 0.6 is 0 Å². The van der Waals surface area contributed by atoms with Crippen LogP contribution in [0, 0.1) is 13.8 Å². The van der Waals surface area contributed by atoms with Crippen LogP contribution in [-0.4, -0.2) is 39.3 Å². The van der Waals surface area contributed by atoms with Crippen molar-refractivity contribution in [3.63, 3.8) is 0 Å². The van der Waals surface area contributed by atoms with Crippen LogP contribution in [0.3, 0.4) is 0 Å². The van der Waals surface area contributed by atoms with E-state index < -0.39 is 0 Å². The van der Waals surface area contributed by atoms with E-state index in [-0.39, 0.29) is 12.1 Å². The molecule has 0 saturated carbocycles. The molecule has 3 rings (SSSR count). The lowest BCUT2D eigenvalue weighted by molar-refractivity contribution is -0.0764. The molecule has 1 aliphatic rings. The zero-order chi connectivity index (χ0) is 14.8. The Labute approximate surface area is 124 Å². The molecule has 0 spiro atoms. The number of rotatable bonds is 3. The van der Waals surface area contributed by atoms with Gasteiger partial charge in [0.05, 0.1) is 12.7 Å². The maximum absolute atomic E-state index is 5.77. The average molecular weight is 288 g/mol. The normalized spacial score (nSPS) is 23.4. The van der Waals surface area contributed by atoms with Gasteiger partial charge in [0.2, 0.25) is 5.89 Å². The Morgan fingerprint density at radius 2 is 2.24 bits per heavy atom. The number of aromatic nitrogens is 3. The van der Waals surface area contributed by atoms with E-state index >= 15 is 0 Å². The van der Waals surface area contributed by atoms with Crippen LogP contribution in [0.25, 0.3) is 0 Å². The van der Waals surface area contributed by atoms with Gasteiger partial charge in [0.25, 0.3) is 0 Å². The Hall–Kier alpha value is -1.79. The predicted molar refractivity (Wildman–Crippen MR) is 76.6 cm³/mol. The van der Waals surface area contributed by atoms with E-state index in [1.165, 1.54) is 5.56 Å². The minimum Gasteiger partial charge on any atom is -0.375 e. The van der Waals surface area contributed by atoms with Gasteiger partial charge in [-0.05, 0) is 32.4 Å². The molecular weight excluding hydrogens is 268 g/mol. The summed E-state index contributed by atoms with van der Waals surface area (Å²) in [5, 5.41) is 3.90. The third kappa shape index (κ3) is 2.96. The zero-order valence-corrected chi connectivity index (χ0v) is 12.6. The van der Waals surface area contributed by atoms with Crippen molar-refractivity contribution < 1.29 is 9.26 Å². The second-order valence-corrected chi connectivity index (χ2v) is 5.42. The van der Waals surface area contributed by atoms with Crippen LogP contribution in [0.15, 0.2) is 22.9 Å². The molecule has 0 amide bonds. The lowest BCUT2D eigenvalue weighted by Gasteiger charge is -2.37. The van der Waals surface area contributed by atoms with Crippen molar-refractivity contribution in [1.82, 2.24) is 20.0 Å². The summed E-state index contributed by atoms with van der Waals surface area (Å²) in [5.74, 6) is 1.28. The van der Waals surface area contributed by atoms with Crippen molar-refractivity contribution in [3.05, 3.63) is 41.3 Å². The molecular formula is C15H20N4O2. The smallest absolute Gasteiger partial charge is 0.246 e. The van der Waals surface area contributed by atoms with E-state index in [2.05, 4.69) is 26.1 Å². The molecule has 2 aromatic heterocycles. The van der Waals surface area contributed by atoms with E-state index in [4.69, 9.17) is 9.26 Å². The highest BCUT2D eigenvalue weighted by Gasteiger charge is 2.35. The molecule has 112 valence electrons. The predicted octanol–water partition coefficient (Wildman–Crippen LogP) is 2.04. The van der Waals surface area contributed by atoms with Crippen molar-refractivity contribution in [1.29, 1.82) is 0 Å². The Morgan fingerprint density at radius 1 is 1.38 bits per heavy atom. The van der Waals surface area contributed by atoms with Gasteiger partial charge < -0.3 is 9.26 Å². The van der Waals surface area contributed by atoms with Gasteiger partial charge in [-0.15, -0.1) is 0 Å². The van der Waals surface area contributed by atoms with Crippen molar-refractivity contribution >= 4 is 0 Å². The van der Waals surface area contributed by atoms with Crippen LogP contribution in [-0.2, 0) is 11.3 Å². The molecule has 2 atom stereocenters. The standard InChI is InChI=1S/C15H20N4O2/c1-10-13(5-4-6-16-10)9-19-7-8-20-11(2)14(19)15-17-12(3)18-21-15/h4-6,11,14H,7-9H2,1-3H3/t11-,14+/m1/s1. The Morgan fingerprint density at radius 3 is 2.95 bits per heavy atom. The average Bonchev–Trinajstić information content (AvgIpc) is 2.88. The summed E-state index contributed by atoms with van der Waals surface area (Å²) >= 11 is 0. The van der Waals surface area contributed by atoms with E-state index in [1.54, 1.807) is 0 Å². The summed E-state index contributed by atoms with van der Waals surface area (Å²) in [5.41, 5.74) is 2.27. The van der Waals surface area contributed by atoms with E-state index in [9.17, 15) is 0 Å². The summed E-state index contributed by atoms with van der Waals surface area (Å²) in [6.45, 7) is 8.27. The molecule has 3 heterocycles. The minimum atomic E-state index is -0.0143. The monoisotopic (exact) mass is 288 g/mol. The first kappa shape index (κ1) is 14.2. The third-order valence-corrected chi connectivity index (χ3v) is 3.88. The van der Waals surface area contributed by atoms with E-state index in [0.29, 0.717) is 18.3 Å². The Kier molecular flexibility index (Phi) is 3.98. The molecule has 0 N–H and O–H groups in total. The van der Waals surface area contributed by atoms with E-state index in [1.807, 2.05) is 33.0 Å². The number of aryl methyl sites for hydroxylation is 2. The summed E-state index contributed by atoms with van der Waals surface area (Å²) in [6.07, 6.45) is 1.84. The highest BCUT2D eigenvalue weighted by molar-refractivity contribution is 5.18. The first-order chi connectivity index (χ1) is 10.1. The van der Waals surface area contributed by atoms with Gasteiger partial charge in [-0.1, -0.05) is 11.2 Å². The molecule has 6 heteroatoms. The van der Waals surface area contributed by atoms with Gasteiger partial charge in [0, 0.05) is 25.0 Å². The molecule has 0 unspecified atom stereocenters. The summed E-state index contributed by atoms with van der Waals surface area (Å²) in [7, 11) is 0. The lowest BCUT2D eigenvalue weighted by Crippen LogP contribution is -2.44. The summed E-state index contributed by atoms with van der Waals surface area (Å²) < 4.78 is 11.1. The van der Waals surface area contributed by atoms with Gasteiger partial charge in [-0.3, -0.25) is 9.88 Å². The number of morpholine rings is 1. The van der Waals surface area contributed by atoms with Crippen molar-refractivity contribution in [2.24, 2.45) is 0 Å². The van der Waals surface area contributed by atoms with Gasteiger partial charge >= 0.3 is 0 Å². The molecule has 6 nitrogen and oxygen atoms in total. The van der Waals surface area contributed by atoms with Crippen LogP contribution in [0.2, 0.25) is 0 Å². The van der Waals surface area contributed by atoms with Gasteiger partial charge in [-0.2, -0.15) is 4.98 Å². The van der Waals surface area contributed by atoms with Gasteiger partial charge in [0.1, 0.15) is 6.04 Å². The minimum absolute atomic E-state index is 0.0143. The first-order valence-corrected chi connectivity index (χ1v) is 7.21. The molecule has 21 heavy (non-hydrogen) atoms. The molecule has 1 aliphatic heterocycles. The highest BCUT2D eigenvalue weighted by atomic mass is 16.5. The summed E-state index contributed by atoms with van der Waals surface area (Å²) in [6, 6.07) is 4.07. The van der Waals surface area contributed by atoms with E-state index in [0.717, 1.165) is 18.8 Å². The molecule has 0 bridgehead atoms. The third-order valence-electron chi connectivity index (χ3n) is 3.88. The molecule has 1 fully saturated rings. The van der Waals surface area contributed by atoms with Crippen molar-refractivity contribution in [3.8, 4) is 0 Å². The topological polar surface area (TPSA) is 64.3 Å². The fraction of sp³-hybridized carbons (Fsp3) is 0.533. The van der Waals surface area contributed by atoms with Crippen LogP contribution in [0.4, 0.5) is 0 Å². The number of hydrogen-bond donors (Lipinski definition) is 0. The number of hydrogen-bond acceptors (Lipinski definition) is 6. The second kappa shape index (κ2) is 5.91. The largest absolute Gasteiger partial charge is 0.375 e. The summed E-state index contributed by atoms with van der Waals surface area (Å²) in [4.78, 5) is 11.1. The maximum atomic E-state index is 5.77. The molecule has 0 aromatic carbocycles. The molecule has 0 radical (unpaired) electrons.